The van der Waals surface area contributed by atoms with Gasteiger partial charge in [0.15, 0.2) is 0 Å². The third-order valence-corrected chi connectivity index (χ3v) is 6.54. The molecule has 0 unspecified atom stereocenters. The van der Waals surface area contributed by atoms with Crippen molar-refractivity contribution in [2.24, 2.45) is 0 Å². The standard InChI is InChI=1S/C11H10BrNO5S2/c1-6-8(10(14)15)4-7(18-6)5-13-20(16,17)11-9(12)2-3-19-11/h2-4,13H,5H2,1H3,(H,14,15). The molecule has 0 amide bonds. The molecule has 0 spiro atoms. The molecule has 6 nitrogen and oxygen atoms in total. The van der Waals surface area contributed by atoms with Crippen LogP contribution in [0.25, 0.3) is 0 Å². The van der Waals surface area contributed by atoms with Crippen LogP contribution in [-0.4, -0.2) is 19.5 Å². The lowest BCUT2D eigenvalue weighted by molar-refractivity contribution is 0.0695. The highest BCUT2D eigenvalue weighted by Gasteiger charge is 2.20. The molecular formula is C11H10BrNO5S2. The maximum atomic E-state index is 12.0. The molecule has 0 aliphatic rings. The Balaban J connectivity index is 2.15. The summed E-state index contributed by atoms with van der Waals surface area (Å²) in [5, 5.41) is 10.5. The average molecular weight is 380 g/mol. The second kappa shape index (κ2) is 5.68. The summed E-state index contributed by atoms with van der Waals surface area (Å²) >= 11 is 4.24. The van der Waals surface area contributed by atoms with E-state index < -0.39 is 16.0 Å². The van der Waals surface area contributed by atoms with Crippen molar-refractivity contribution in [2.75, 3.05) is 0 Å². The van der Waals surface area contributed by atoms with Gasteiger partial charge >= 0.3 is 5.97 Å². The Morgan fingerprint density at radius 2 is 2.25 bits per heavy atom. The number of aromatic carboxylic acids is 1. The molecule has 2 rings (SSSR count). The summed E-state index contributed by atoms with van der Waals surface area (Å²) in [5.74, 6) is -0.624. The molecule has 2 N–H and O–H groups in total. The molecule has 2 aromatic heterocycles. The van der Waals surface area contributed by atoms with E-state index in [2.05, 4.69) is 20.7 Å². The smallest absolute Gasteiger partial charge is 0.339 e. The highest BCUT2D eigenvalue weighted by atomic mass is 79.9. The molecule has 0 fully saturated rings. The molecule has 2 heterocycles. The predicted molar refractivity (Wildman–Crippen MR) is 76.4 cm³/mol. The Hall–Kier alpha value is -1.16. The molecule has 0 atom stereocenters. The van der Waals surface area contributed by atoms with Crippen molar-refractivity contribution >= 4 is 43.3 Å². The quantitative estimate of drug-likeness (QED) is 0.831. The van der Waals surface area contributed by atoms with Crippen LogP contribution in [0.1, 0.15) is 21.9 Å². The molecule has 20 heavy (non-hydrogen) atoms. The van der Waals surface area contributed by atoms with Gasteiger partial charge in [-0.3, -0.25) is 0 Å². The fourth-order valence-corrected chi connectivity index (χ4v) is 4.92. The molecular weight excluding hydrogens is 370 g/mol. The SMILES string of the molecule is Cc1oc(CNS(=O)(=O)c2sccc2Br)cc1C(=O)O. The van der Waals surface area contributed by atoms with Crippen molar-refractivity contribution in [2.45, 2.75) is 17.7 Å². The molecule has 0 aromatic carbocycles. The van der Waals surface area contributed by atoms with Gasteiger partial charge in [0.25, 0.3) is 10.0 Å². The van der Waals surface area contributed by atoms with Crippen LogP contribution >= 0.6 is 27.3 Å². The van der Waals surface area contributed by atoms with Crippen LogP contribution < -0.4 is 4.72 Å². The maximum Gasteiger partial charge on any atom is 0.339 e. The molecule has 0 bridgehead atoms. The van der Waals surface area contributed by atoms with Crippen LogP contribution in [0.5, 0.6) is 0 Å². The van der Waals surface area contributed by atoms with Crippen molar-refractivity contribution in [3.63, 3.8) is 0 Å². The first-order valence-corrected chi connectivity index (χ1v) is 8.52. The zero-order valence-corrected chi connectivity index (χ0v) is 13.4. The Labute approximate surface area is 127 Å². The van der Waals surface area contributed by atoms with Gasteiger partial charge in [0.2, 0.25) is 0 Å². The van der Waals surface area contributed by atoms with Crippen LogP contribution in [-0.2, 0) is 16.6 Å². The molecule has 108 valence electrons. The van der Waals surface area contributed by atoms with Crippen molar-refractivity contribution in [1.29, 1.82) is 0 Å². The lowest BCUT2D eigenvalue weighted by atomic mass is 10.2. The molecule has 0 saturated carbocycles. The zero-order valence-electron chi connectivity index (χ0n) is 10.2. The number of hydrogen-bond donors (Lipinski definition) is 2. The Morgan fingerprint density at radius 3 is 2.75 bits per heavy atom. The minimum absolute atomic E-state index is 0.0245. The van der Waals surface area contributed by atoms with Crippen molar-refractivity contribution in [3.05, 3.63) is 39.1 Å². The van der Waals surface area contributed by atoms with Crippen molar-refractivity contribution in [1.82, 2.24) is 4.72 Å². The van der Waals surface area contributed by atoms with Gasteiger partial charge in [0.1, 0.15) is 21.3 Å². The van der Waals surface area contributed by atoms with Crippen LogP contribution in [0.4, 0.5) is 0 Å². The third kappa shape index (κ3) is 3.11. The summed E-state index contributed by atoms with van der Waals surface area (Å²) in [6.07, 6.45) is 0. The lowest BCUT2D eigenvalue weighted by Gasteiger charge is -2.03. The number of furan rings is 1. The van der Waals surface area contributed by atoms with E-state index in [1.54, 1.807) is 11.4 Å². The second-order valence-electron chi connectivity index (χ2n) is 3.87. The highest BCUT2D eigenvalue weighted by Crippen LogP contribution is 2.27. The minimum Gasteiger partial charge on any atom is -0.478 e. The van der Waals surface area contributed by atoms with Crippen LogP contribution in [0.3, 0.4) is 0 Å². The number of thiophene rings is 1. The van der Waals surface area contributed by atoms with Gasteiger partial charge < -0.3 is 9.52 Å². The molecule has 9 heteroatoms. The fourth-order valence-electron chi connectivity index (χ4n) is 1.55. The fraction of sp³-hybridized carbons (Fsp3) is 0.182. The first kappa shape index (κ1) is 15.2. The number of carbonyl (C=O) groups is 1. The number of sulfonamides is 1. The lowest BCUT2D eigenvalue weighted by Crippen LogP contribution is -2.22. The van der Waals surface area contributed by atoms with Gasteiger partial charge in [-0.2, -0.15) is 0 Å². The maximum absolute atomic E-state index is 12.0. The summed E-state index contributed by atoms with van der Waals surface area (Å²) < 4.78 is 32.3. The number of halogens is 1. The Morgan fingerprint density at radius 1 is 1.55 bits per heavy atom. The van der Waals surface area contributed by atoms with E-state index in [9.17, 15) is 13.2 Å². The summed E-state index contributed by atoms with van der Waals surface area (Å²) in [7, 11) is -3.66. The van der Waals surface area contributed by atoms with E-state index in [-0.39, 0.29) is 27.8 Å². The molecule has 0 aliphatic carbocycles. The summed E-state index contributed by atoms with van der Waals surface area (Å²) in [4.78, 5) is 10.9. The van der Waals surface area contributed by atoms with Crippen LogP contribution in [0.2, 0.25) is 0 Å². The number of hydrogen-bond acceptors (Lipinski definition) is 5. The van der Waals surface area contributed by atoms with Crippen molar-refractivity contribution in [3.8, 4) is 0 Å². The number of carboxylic acid groups (broad SMARTS) is 1. The van der Waals surface area contributed by atoms with Gasteiger partial charge in [-0.1, -0.05) is 0 Å². The van der Waals surface area contributed by atoms with Crippen LogP contribution in [0.15, 0.2) is 30.6 Å². The predicted octanol–water partition coefficient (Wildman–Crippen LogP) is 2.59. The highest BCUT2D eigenvalue weighted by molar-refractivity contribution is 9.10. The van der Waals surface area contributed by atoms with E-state index in [4.69, 9.17) is 9.52 Å². The first-order valence-electron chi connectivity index (χ1n) is 5.36. The van der Waals surface area contributed by atoms with E-state index in [0.717, 1.165) is 11.3 Å². The first-order chi connectivity index (χ1) is 9.31. The summed E-state index contributed by atoms with van der Waals surface area (Å²) in [5.41, 5.74) is 0.0245. The summed E-state index contributed by atoms with van der Waals surface area (Å²) in [6, 6.07) is 2.95. The largest absolute Gasteiger partial charge is 0.478 e. The van der Waals surface area contributed by atoms with Gasteiger partial charge in [-0.05, 0) is 40.4 Å². The van der Waals surface area contributed by atoms with Gasteiger partial charge in [0, 0.05) is 4.47 Å². The monoisotopic (exact) mass is 379 g/mol. The normalized spacial score (nSPS) is 11.7. The van der Waals surface area contributed by atoms with Gasteiger partial charge in [0.05, 0.1) is 6.54 Å². The number of carboxylic acids is 1. The van der Waals surface area contributed by atoms with Crippen LogP contribution in [0, 0.1) is 6.92 Å². The molecule has 0 aliphatic heterocycles. The number of aryl methyl sites for hydroxylation is 1. The second-order valence-corrected chi connectivity index (χ2v) is 7.60. The van der Waals surface area contributed by atoms with Crippen molar-refractivity contribution < 1.29 is 22.7 Å². The molecule has 0 radical (unpaired) electrons. The average Bonchev–Trinajstić information content (AvgIpc) is 2.93. The molecule has 0 saturated heterocycles. The zero-order chi connectivity index (χ0) is 14.9. The summed E-state index contributed by atoms with van der Waals surface area (Å²) in [6.45, 7) is 1.40. The Kier molecular flexibility index (Phi) is 4.33. The van der Waals surface area contributed by atoms with E-state index in [1.165, 1.54) is 13.0 Å². The minimum atomic E-state index is -3.66. The van der Waals surface area contributed by atoms with E-state index in [0.29, 0.717) is 4.47 Å². The van der Waals surface area contributed by atoms with Gasteiger partial charge in [-0.15, -0.1) is 11.3 Å². The number of rotatable bonds is 5. The third-order valence-electron chi connectivity index (χ3n) is 2.46. The van der Waals surface area contributed by atoms with E-state index in [1.807, 2.05) is 0 Å². The van der Waals surface area contributed by atoms with Gasteiger partial charge in [-0.25, -0.2) is 17.9 Å². The topological polar surface area (TPSA) is 96.6 Å². The number of nitrogens with one attached hydrogen (secondary N) is 1. The Bertz CT molecular complexity index is 747. The van der Waals surface area contributed by atoms with E-state index >= 15 is 0 Å². The molecule has 2 aromatic rings.